The third kappa shape index (κ3) is 5.74. The topological polar surface area (TPSA) is 78.5 Å². The van der Waals surface area contributed by atoms with Gasteiger partial charge in [0.25, 0.3) is 5.91 Å². The highest BCUT2D eigenvalue weighted by molar-refractivity contribution is 5.98. The summed E-state index contributed by atoms with van der Waals surface area (Å²) in [6.07, 6.45) is 1.23. The number of hydrogen-bond donors (Lipinski definition) is 2. The Morgan fingerprint density at radius 2 is 1.59 bits per heavy atom. The molecule has 0 saturated carbocycles. The summed E-state index contributed by atoms with van der Waals surface area (Å²) in [5.74, 6) is -3.59. The second kappa shape index (κ2) is 9.80. The van der Waals surface area contributed by atoms with Gasteiger partial charge in [-0.1, -0.05) is 33.8 Å². The van der Waals surface area contributed by atoms with E-state index in [-0.39, 0.29) is 23.8 Å². The van der Waals surface area contributed by atoms with Gasteiger partial charge in [-0.2, -0.15) is 0 Å². The Balaban J connectivity index is 1.98. The van der Waals surface area contributed by atoms with Gasteiger partial charge in [0.2, 0.25) is 11.8 Å². The van der Waals surface area contributed by atoms with Crippen LogP contribution in [0.5, 0.6) is 0 Å². The summed E-state index contributed by atoms with van der Waals surface area (Å²) in [4.78, 5) is 38.9. The highest BCUT2D eigenvalue weighted by Gasteiger charge is 2.30. The standard InChI is InChI=1S/C21H29F2N3O3/c1-12(2)18(25-19(27)17-15(22)6-5-7-16(17)23)20(28)24-14-8-10-26(11-9-14)21(29)13(3)4/h5-7,12-14,18H,8-11H2,1-4H3,(H,24,28)(H,25,27). The molecule has 1 unspecified atom stereocenters. The molecule has 29 heavy (non-hydrogen) atoms. The summed E-state index contributed by atoms with van der Waals surface area (Å²) < 4.78 is 27.7. The van der Waals surface area contributed by atoms with E-state index >= 15 is 0 Å². The van der Waals surface area contributed by atoms with Gasteiger partial charge in [0.15, 0.2) is 0 Å². The first-order valence-corrected chi connectivity index (χ1v) is 9.95. The van der Waals surface area contributed by atoms with Crippen LogP contribution >= 0.6 is 0 Å². The van der Waals surface area contributed by atoms with Crippen molar-refractivity contribution in [2.45, 2.75) is 52.6 Å². The number of carbonyl (C=O) groups excluding carboxylic acids is 3. The number of carbonyl (C=O) groups is 3. The van der Waals surface area contributed by atoms with E-state index in [1.807, 2.05) is 13.8 Å². The van der Waals surface area contributed by atoms with Gasteiger partial charge in [0.1, 0.15) is 23.2 Å². The number of benzene rings is 1. The summed E-state index contributed by atoms with van der Waals surface area (Å²) in [5, 5.41) is 5.35. The van der Waals surface area contributed by atoms with Crippen molar-refractivity contribution in [1.82, 2.24) is 15.5 Å². The summed E-state index contributed by atoms with van der Waals surface area (Å²) in [7, 11) is 0. The molecule has 1 saturated heterocycles. The molecule has 0 radical (unpaired) electrons. The fraction of sp³-hybridized carbons (Fsp3) is 0.571. The third-order valence-electron chi connectivity index (χ3n) is 5.07. The fourth-order valence-electron chi connectivity index (χ4n) is 3.36. The molecule has 1 heterocycles. The molecule has 0 bridgehead atoms. The number of likely N-dealkylation sites (tertiary alicyclic amines) is 1. The van der Waals surface area contributed by atoms with Crippen molar-refractivity contribution < 1.29 is 23.2 Å². The highest BCUT2D eigenvalue weighted by atomic mass is 19.1. The van der Waals surface area contributed by atoms with E-state index in [4.69, 9.17) is 0 Å². The zero-order valence-corrected chi connectivity index (χ0v) is 17.3. The highest BCUT2D eigenvalue weighted by Crippen LogP contribution is 2.16. The Bertz CT molecular complexity index is 739. The van der Waals surface area contributed by atoms with Crippen molar-refractivity contribution in [3.05, 3.63) is 35.4 Å². The molecular weight excluding hydrogens is 380 g/mol. The minimum atomic E-state index is -0.979. The minimum Gasteiger partial charge on any atom is -0.351 e. The van der Waals surface area contributed by atoms with Crippen LogP contribution in [0.15, 0.2) is 18.2 Å². The lowest BCUT2D eigenvalue weighted by atomic mass is 9.99. The average Bonchev–Trinajstić information content (AvgIpc) is 2.65. The quantitative estimate of drug-likeness (QED) is 0.758. The van der Waals surface area contributed by atoms with Gasteiger partial charge >= 0.3 is 0 Å². The Kier molecular flexibility index (Phi) is 7.70. The fourth-order valence-corrected chi connectivity index (χ4v) is 3.36. The molecule has 3 amide bonds. The molecule has 8 heteroatoms. The van der Waals surface area contributed by atoms with Gasteiger partial charge in [-0.05, 0) is 30.9 Å². The van der Waals surface area contributed by atoms with E-state index in [0.717, 1.165) is 12.1 Å². The van der Waals surface area contributed by atoms with Crippen molar-refractivity contribution in [1.29, 1.82) is 0 Å². The number of rotatable bonds is 6. The zero-order chi connectivity index (χ0) is 21.7. The first-order valence-electron chi connectivity index (χ1n) is 9.95. The predicted octanol–water partition coefficient (Wildman–Crippen LogP) is 2.48. The molecule has 1 aliphatic rings. The van der Waals surface area contributed by atoms with E-state index in [2.05, 4.69) is 10.6 Å². The lowest BCUT2D eigenvalue weighted by molar-refractivity contribution is -0.135. The Hall–Kier alpha value is -2.51. The smallest absolute Gasteiger partial charge is 0.257 e. The number of halogens is 2. The van der Waals surface area contributed by atoms with E-state index < -0.39 is 35.1 Å². The summed E-state index contributed by atoms with van der Waals surface area (Å²) in [6, 6.07) is 2.10. The maximum atomic E-state index is 13.9. The van der Waals surface area contributed by atoms with E-state index in [1.165, 1.54) is 6.07 Å². The van der Waals surface area contributed by atoms with Crippen LogP contribution in [0.1, 0.15) is 50.9 Å². The number of nitrogens with one attached hydrogen (secondary N) is 2. The third-order valence-corrected chi connectivity index (χ3v) is 5.07. The molecule has 0 spiro atoms. The van der Waals surface area contributed by atoms with Crippen molar-refractivity contribution in [2.24, 2.45) is 11.8 Å². The lowest BCUT2D eigenvalue weighted by Gasteiger charge is -2.34. The van der Waals surface area contributed by atoms with Crippen molar-refractivity contribution in [2.75, 3.05) is 13.1 Å². The molecule has 1 atom stereocenters. The molecule has 2 N–H and O–H groups in total. The monoisotopic (exact) mass is 409 g/mol. The summed E-state index contributed by atoms with van der Waals surface area (Å²) in [6.45, 7) is 8.30. The van der Waals surface area contributed by atoms with Crippen LogP contribution in [0.4, 0.5) is 8.78 Å². The number of hydrogen-bond acceptors (Lipinski definition) is 3. The van der Waals surface area contributed by atoms with Crippen LogP contribution in [-0.2, 0) is 9.59 Å². The molecule has 1 aromatic rings. The zero-order valence-electron chi connectivity index (χ0n) is 17.3. The maximum absolute atomic E-state index is 13.9. The van der Waals surface area contributed by atoms with Gasteiger partial charge in [0, 0.05) is 25.0 Å². The molecule has 1 aromatic carbocycles. The Morgan fingerprint density at radius 1 is 1.03 bits per heavy atom. The normalized spacial score (nSPS) is 16.1. The van der Waals surface area contributed by atoms with Crippen molar-refractivity contribution in [3.63, 3.8) is 0 Å². The molecule has 1 fully saturated rings. The number of piperidine rings is 1. The van der Waals surface area contributed by atoms with Gasteiger partial charge < -0.3 is 15.5 Å². The summed E-state index contributed by atoms with van der Waals surface area (Å²) in [5.41, 5.74) is -0.702. The van der Waals surface area contributed by atoms with E-state index in [1.54, 1.807) is 18.7 Å². The van der Waals surface area contributed by atoms with Gasteiger partial charge in [-0.15, -0.1) is 0 Å². The molecular formula is C21H29F2N3O3. The number of nitrogens with zero attached hydrogens (tertiary/aromatic N) is 1. The summed E-state index contributed by atoms with van der Waals surface area (Å²) >= 11 is 0. The average molecular weight is 409 g/mol. The molecule has 6 nitrogen and oxygen atoms in total. The molecule has 0 aliphatic carbocycles. The number of amides is 3. The predicted molar refractivity (Wildman–Crippen MR) is 105 cm³/mol. The van der Waals surface area contributed by atoms with Crippen LogP contribution in [0.25, 0.3) is 0 Å². The van der Waals surface area contributed by atoms with E-state index in [0.29, 0.717) is 25.9 Å². The van der Waals surface area contributed by atoms with Crippen molar-refractivity contribution >= 4 is 17.7 Å². The van der Waals surface area contributed by atoms with E-state index in [9.17, 15) is 23.2 Å². The molecule has 160 valence electrons. The molecule has 0 aromatic heterocycles. The Labute approximate surface area is 170 Å². The second-order valence-electron chi connectivity index (χ2n) is 8.05. The van der Waals surface area contributed by atoms with Crippen LogP contribution < -0.4 is 10.6 Å². The van der Waals surface area contributed by atoms with Gasteiger partial charge in [-0.3, -0.25) is 14.4 Å². The molecule has 2 rings (SSSR count). The van der Waals surface area contributed by atoms with Crippen LogP contribution in [0.2, 0.25) is 0 Å². The second-order valence-corrected chi connectivity index (χ2v) is 8.05. The van der Waals surface area contributed by atoms with Crippen molar-refractivity contribution in [3.8, 4) is 0 Å². The first kappa shape index (κ1) is 22.8. The molecule has 1 aliphatic heterocycles. The first-order chi connectivity index (χ1) is 13.6. The van der Waals surface area contributed by atoms with Gasteiger partial charge in [-0.25, -0.2) is 8.78 Å². The largest absolute Gasteiger partial charge is 0.351 e. The van der Waals surface area contributed by atoms with Gasteiger partial charge in [0.05, 0.1) is 0 Å². The minimum absolute atomic E-state index is 0.0690. The van der Waals surface area contributed by atoms with Crippen LogP contribution in [0.3, 0.4) is 0 Å². The SMILES string of the molecule is CC(C)C(=O)N1CCC(NC(=O)C(NC(=O)c2c(F)cccc2F)C(C)C)CC1. The maximum Gasteiger partial charge on any atom is 0.257 e. The Morgan fingerprint density at radius 3 is 2.07 bits per heavy atom. The van der Waals surface area contributed by atoms with Crippen LogP contribution in [0, 0.1) is 23.5 Å². The lowest BCUT2D eigenvalue weighted by Crippen LogP contribution is -2.54. The van der Waals surface area contributed by atoms with Crippen LogP contribution in [-0.4, -0.2) is 47.8 Å².